The Bertz CT molecular complexity index is 1970. The van der Waals surface area contributed by atoms with Gasteiger partial charge in [0.25, 0.3) is 0 Å². The predicted molar refractivity (Wildman–Crippen MR) is 159 cm³/mol. The molecule has 0 N–H and O–H groups in total. The van der Waals surface area contributed by atoms with Gasteiger partial charge in [-0.15, -0.1) is 5.10 Å². The molecule has 0 fully saturated rings. The van der Waals surface area contributed by atoms with Crippen LogP contribution < -0.4 is 14.2 Å². The monoisotopic (exact) mass is 557 g/mol. The van der Waals surface area contributed by atoms with Gasteiger partial charge in [-0.3, -0.25) is 0 Å². The Kier molecular flexibility index (Phi) is 6.39. The first-order valence-electron chi connectivity index (χ1n) is 13.5. The van der Waals surface area contributed by atoms with E-state index in [1.54, 1.807) is 25.1 Å². The van der Waals surface area contributed by atoms with Crippen LogP contribution in [0.4, 0.5) is 0 Å². The van der Waals surface area contributed by atoms with Gasteiger partial charge >= 0.3 is 0 Å². The van der Waals surface area contributed by atoms with Crippen LogP contribution in [0.25, 0.3) is 16.4 Å². The van der Waals surface area contributed by atoms with Crippen molar-refractivity contribution in [3.8, 4) is 23.1 Å². The maximum atomic E-state index is 6.49. The summed E-state index contributed by atoms with van der Waals surface area (Å²) >= 11 is 0. The smallest absolute Gasteiger partial charge is 0.228 e. The molecule has 1 atom stereocenters. The van der Waals surface area contributed by atoms with Crippen LogP contribution in [-0.4, -0.2) is 39.5 Å². The van der Waals surface area contributed by atoms with Crippen molar-refractivity contribution in [3.63, 3.8) is 0 Å². The number of oxime groups is 1. The van der Waals surface area contributed by atoms with E-state index in [0.29, 0.717) is 34.6 Å². The van der Waals surface area contributed by atoms with Gasteiger partial charge in [0.2, 0.25) is 5.88 Å². The third kappa shape index (κ3) is 4.35. The molecule has 9 heteroatoms. The van der Waals surface area contributed by atoms with E-state index in [4.69, 9.17) is 24.0 Å². The summed E-state index contributed by atoms with van der Waals surface area (Å²) in [5.41, 5.74) is 5.22. The SMILES string of the molecule is COc1ccc(C(C)=NOCc2nc3c4c(ncn3n2)Oc2c(ccc3ccccc23)C4c2ccccc2)cc1OC. The number of benzene rings is 4. The van der Waals surface area contributed by atoms with Gasteiger partial charge in [-0.2, -0.15) is 0 Å². The van der Waals surface area contributed by atoms with Crippen LogP contribution in [0.2, 0.25) is 0 Å². The Balaban J connectivity index is 1.24. The van der Waals surface area contributed by atoms with E-state index in [1.165, 1.54) is 0 Å². The molecular weight excluding hydrogens is 530 g/mol. The third-order valence-corrected chi connectivity index (χ3v) is 7.47. The Morgan fingerprint density at radius 3 is 2.57 bits per heavy atom. The van der Waals surface area contributed by atoms with Crippen molar-refractivity contribution >= 4 is 22.1 Å². The van der Waals surface area contributed by atoms with E-state index in [-0.39, 0.29) is 12.5 Å². The summed E-state index contributed by atoms with van der Waals surface area (Å²) in [6, 6.07) is 28.4. The average Bonchev–Trinajstić information content (AvgIpc) is 3.47. The molecule has 1 aliphatic heterocycles. The van der Waals surface area contributed by atoms with E-state index >= 15 is 0 Å². The number of fused-ring (bicyclic) bond motifs is 6. The number of rotatable bonds is 7. The van der Waals surface area contributed by atoms with Gasteiger partial charge in [0, 0.05) is 22.4 Å². The van der Waals surface area contributed by atoms with Crippen LogP contribution in [0.3, 0.4) is 0 Å². The van der Waals surface area contributed by atoms with E-state index < -0.39 is 0 Å². The van der Waals surface area contributed by atoms with Crippen molar-refractivity contribution in [2.75, 3.05) is 14.2 Å². The molecular formula is C33H27N5O4. The summed E-state index contributed by atoms with van der Waals surface area (Å²) < 4.78 is 18.9. The molecule has 42 heavy (non-hydrogen) atoms. The molecule has 0 amide bonds. The van der Waals surface area contributed by atoms with Crippen molar-refractivity contribution in [2.24, 2.45) is 5.16 Å². The normalized spacial score (nSPS) is 14.3. The zero-order valence-corrected chi connectivity index (χ0v) is 23.3. The lowest BCUT2D eigenvalue weighted by molar-refractivity contribution is 0.125. The highest BCUT2D eigenvalue weighted by Gasteiger charge is 2.34. The number of hydrogen-bond donors (Lipinski definition) is 0. The average molecular weight is 558 g/mol. The van der Waals surface area contributed by atoms with Gasteiger partial charge < -0.3 is 19.0 Å². The van der Waals surface area contributed by atoms with Gasteiger partial charge in [0.1, 0.15) is 12.1 Å². The fraction of sp³-hybridized carbons (Fsp3) is 0.152. The highest BCUT2D eigenvalue weighted by Crippen LogP contribution is 2.50. The lowest BCUT2D eigenvalue weighted by atomic mass is 9.83. The van der Waals surface area contributed by atoms with E-state index in [2.05, 4.69) is 51.6 Å². The molecule has 0 radical (unpaired) electrons. The molecule has 7 rings (SSSR count). The number of ether oxygens (including phenoxy) is 3. The van der Waals surface area contributed by atoms with Gasteiger partial charge in [0.05, 0.1) is 25.5 Å². The van der Waals surface area contributed by atoms with Crippen LogP contribution in [0.15, 0.2) is 96.4 Å². The first kappa shape index (κ1) is 25.5. The number of hydrogen-bond acceptors (Lipinski definition) is 8. The summed E-state index contributed by atoms with van der Waals surface area (Å²) in [6.45, 7) is 1.95. The standard InChI is InChI=1S/C33H27N5O4/c1-20(23-14-16-26(39-2)27(17-23)40-3)37-41-18-28-35-32-30-29(22-10-5-4-6-11-22)25-15-13-21-9-7-8-12-24(21)31(25)42-33(30)34-19-38(32)36-28/h4-17,19,29H,18H2,1-3H3. The summed E-state index contributed by atoms with van der Waals surface area (Å²) in [7, 11) is 3.20. The molecule has 0 saturated heterocycles. The van der Waals surface area contributed by atoms with Crippen LogP contribution in [-0.2, 0) is 11.4 Å². The molecule has 0 spiro atoms. The lowest BCUT2D eigenvalue weighted by Crippen LogP contribution is -2.15. The summed E-state index contributed by atoms with van der Waals surface area (Å²) in [6.07, 6.45) is 1.63. The highest BCUT2D eigenvalue weighted by atomic mass is 16.6. The molecule has 3 heterocycles. The molecule has 4 aromatic carbocycles. The van der Waals surface area contributed by atoms with Gasteiger partial charge in [0.15, 0.2) is 29.6 Å². The molecule has 208 valence electrons. The fourth-order valence-corrected chi connectivity index (χ4v) is 5.44. The molecule has 2 aromatic heterocycles. The molecule has 1 aliphatic rings. The van der Waals surface area contributed by atoms with Crippen LogP contribution in [0.5, 0.6) is 23.1 Å². The van der Waals surface area contributed by atoms with Gasteiger partial charge in [-0.1, -0.05) is 71.9 Å². The quantitative estimate of drug-likeness (QED) is 0.163. The second-order valence-corrected chi connectivity index (χ2v) is 9.93. The van der Waals surface area contributed by atoms with Crippen molar-refractivity contribution in [1.82, 2.24) is 19.6 Å². The summed E-state index contributed by atoms with van der Waals surface area (Å²) in [5, 5.41) is 11.1. The third-order valence-electron chi connectivity index (χ3n) is 7.47. The molecule has 9 nitrogen and oxygen atoms in total. The van der Waals surface area contributed by atoms with Crippen molar-refractivity contribution in [3.05, 3.63) is 119 Å². The summed E-state index contributed by atoms with van der Waals surface area (Å²) in [5.74, 6) is 2.93. The Morgan fingerprint density at radius 1 is 0.929 bits per heavy atom. The van der Waals surface area contributed by atoms with Crippen molar-refractivity contribution in [1.29, 1.82) is 0 Å². The minimum absolute atomic E-state index is 0.0825. The summed E-state index contributed by atoms with van der Waals surface area (Å²) in [4.78, 5) is 15.2. The van der Waals surface area contributed by atoms with Gasteiger partial charge in [-0.25, -0.2) is 14.5 Å². The Labute approximate surface area is 242 Å². The second-order valence-electron chi connectivity index (χ2n) is 9.93. The fourth-order valence-electron chi connectivity index (χ4n) is 5.44. The number of aromatic nitrogens is 4. The number of nitrogens with zero attached hydrogens (tertiary/aromatic N) is 5. The van der Waals surface area contributed by atoms with E-state index in [1.807, 2.05) is 55.5 Å². The van der Waals surface area contributed by atoms with E-state index in [9.17, 15) is 0 Å². The topological polar surface area (TPSA) is 92.4 Å². The van der Waals surface area contributed by atoms with E-state index in [0.717, 1.165) is 38.8 Å². The first-order chi connectivity index (χ1) is 20.6. The Morgan fingerprint density at radius 2 is 1.74 bits per heavy atom. The first-order valence-corrected chi connectivity index (χ1v) is 13.5. The molecule has 6 aromatic rings. The predicted octanol–water partition coefficient (Wildman–Crippen LogP) is 6.52. The second kappa shape index (κ2) is 10.5. The largest absolute Gasteiger partial charge is 0.493 e. The maximum absolute atomic E-state index is 6.49. The minimum atomic E-state index is -0.144. The Hall–Kier alpha value is -5.44. The van der Waals surface area contributed by atoms with Crippen molar-refractivity contribution < 1.29 is 19.0 Å². The highest BCUT2D eigenvalue weighted by molar-refractivity contribution is 5.99. The lowest BCUT2D eigenvalue weighted by Gasteiger charge is -2.28. The van der Waals surface area contributed by atoms with Crippen LogP contribution in [0, 0.1) is 0 Å². The molecule has 0 saturated carbocycles. The van der Waals surface area contributed by atoms with Crippen LogP contribution >= 0.6 is 0 Å². The van der Waals surface area contributed by atoms with Gasteiger partial charge in [-0.05, 0) is 36.1 Å². The van der Waals surface area contributed by atoms with Crippen molar-refractivity contribution in [2.45, 2.75) is 19.4 Å². The maximum Gasteiger partial charge on any atom is 0.228 e. The zero-order chi connectivity index (χ0) is 28.6. The minimum Gasteiger partial charge on any atom is -0.493 e. The molecule has 1 unspecified atom stereocenters. The van der Waals surface area contributed by atoms with Crippen LogP contribution in [0.1, 0.15) is 40.9 Å². The number of methoxy groups -OCH3 is 2. The molecule has 0 bridgehead atoms. The molecule has 0 aliphatic carbocycles. The zero-order valence-electron chi connectivity index (χ0n) is 23.3.